The molecule has 0 bridgehead atoms. The van der Waals surface area contributed by atoms with E-state index in [1.165, 1.54) is 6.07 Å². The van der Waals surface area contributed by atoms with Crippen molar-refractivity contribution in [2.75, 3.05) is 14.2 Å². The lowest BCUT2D eigenvalue weighted by Gasteiger charge is -2.11. The topological polar surface area (TPSA) is 43.4 Å². The van der Waals surface area contributed by atoms with E-state index in [0.29, 0.717) is 29.5 Å². The number of aromatic nitrogens is 1. The SMILES string of the molecule is CNCc1cc(F)cnc1Oc1ccc(OC)cc1Br. The van der Waals surface area contributed by atoms with Crippen molar-refractivity contribution in [1.29, 1.82) is 0 Å². The summed E-state index contributed by atoms with van der Waals surface area (Å²) in [6, 6.07) is 6.73. The Morgan fingerprint density at radius 1 is 1.35 bits per heavy atom. The Balaban J connectivity index is 2.29. The van der Waals surface area contributed by atoms with Gasteiger partial charge in [-0.2, -0.15) is 0 Å². The average Bonchev–Trinajstić information content (AvgIpc) is 2.44. The van der Waals surface area contributed by atoms with Crippen LogP contribution in [-0.2, 0) is 6.54 Å². The highest BCUT2D eigenvalue weighted by Crippen LogP contribution is 2.33. The number of hydrogen-bond donors (Lipinski definition) is 1. The van der Waals surface area contributed by atoms with E-state index in [9.17, 15) is 4.39 Å². The molecule has 0 saturated heterocycles. The molecule has 0 atom stereocenters. The number of benzene rings is 1. The molecule has 0 amide bonds. The molecule has 0 aliphatic rings. The van der Waals surface area contributed by atoms with Crippen molar-refractivity contribution in [2.45, 2.75) is 6.54 Å². The summed E-state index contributed by atoms with van der Waals surface area (Å²) in [6.45, 7) is 0.466. The van der Waals surface area contributed by atoms with Crippen molar-refractivity contribution >= 4 is 15.9 Å². The van der Waals surface area contributed by atoms with Crippen LogP contribution in [0, 0.1) is 5.82 Å². The molecule has 0 radical (unpaired) electrons. The quantitative estimate of drug-likeness (QED) is 0.904. The summed E-state index contributed by atoms with van der Waals surface area (Å²) in [5, 5.41) is 2.95. The van der Waals surface area contributed by atoms with Gasteiger partial charge in [0.2, 0.25) is 5.88 Å². The normalized spacial score (nSPS) is 10.4. The smallest absolute Gasteiger partial charge is 0.223 e. The summed E-state index contributed by atoms with van der Waals surface area (Å²) >= 11 is 3.40. The van der Waals surface area contributed by atoms with E-state index in [1.807, 2.05) is 0 Å². The second-order valence-electron chi connectivity index (χ2n) is 4.05. The van der Waals surface area contributed by atoms with Crippen LogP contribution in [0.15, 0.2) is 34.9 Å². The molecular formula is C14H14BrFN2O2. The predicted octanol–water partition coefficient (Wildman–Crippen LogP) is 3.50. The molecule has 0 saturated carbocycles. The second kappa shape index (κ2) is 6.67. The third kappa shape index (κ3) is 3.46. The van der Waals surface area contributed by atoms with Crippen LogP contribution in [0.4, 0.5) is 4.39 Å². The number of methoxy groups -OCH3 is 1. The van der Waals surface area contributed by atoms with E-state index in [-0.39, 0.29) is 0 Å². The number of nitrogens with zero attached hydrogens (tertiary/aromatic N) is 1. The molecule has 106 valence electrons. The molecule has 1 aromatic heterocycles. The number of halogens is 2. The van der Waals surface area contributed by atoms with Crippen LogP contribution in [-0.4, -0.2) is 19.1 Å². The number of pyridine rings is 1. The fourth-order valence-electron chi connectivity index (χ4n) is 1.67. The van der Waals surface area contributed by atoms with Crippen molar-refractivity contribution < 1.29 is 13.9 Å². The highest BCUT2D eigenvalue weighted by molar-refractivity contribution is 9.10. The first kappa shape index (κ1) is 14.7. The zero-order valence-corrected chi connectivity index (χ0v) is 12.7. The number of hydrogen-bond acceptors (Lipinski definition) is 4. The van der Waals surface area contributed by atoms with Gasteiger partial charge in [0.15, 0.2) is 0 Å². The molecule has 0 unspecified atom stereocenters. The lowest BCUT2D eigenvalue weighted by Crippen LogP contribution is -2.08. The number of ether oxygens (including phenoxy) is 2. The molecular weight excluding hydrogens is 327 g/mol. The Kier molecular flexibility index (Phi) is 4.92. The van der Waals surface area contributed by atoms with Gasteiger partial charge >= 0.3 is 0 Å². The Morgan fingerprint density at radius 2 is 2.15 bits per heavy atom. The van der Waals surface area contributed by atoms with E-state index >= 15 is 0 Å². The van der Waals surface area contributed by atoms with Crippen LogP contribution in [0.3, 0.4) is 0 Å². The van der Waals surface area contributed by atoms with Gasteiger partial charge in [0.1, 0.15) is 17.3 Å². The standard InChI is InChI=1S/C14H14BrFN2O2/c1-17-7-9-5-10(16)8-18-14(9)20-13-4-3-11(19-2)6-12(13)15/h3-6,8,17H,7H2,1-2H3. The molecule has 4 nitrogen and oxygen atoms in total. The molecule has 1 aromatic carbocycles. The Hall–Kier alpha value is -1.66. The minimum absolute atomic E-state index is 0.367. The van der Waals surface area contributed by atoms with E-state index in [2.05, 4.69) is 26.2 Å². The van der Waals surface area contributed by atoms with Crippen molar-refractivity contribution in [2.24, 2.45) is 0 Å². The highest BCUT2D eigenvalue weighted by atomic mass is 79.9. The van der Waals surface area contributed by atoms with Crippen molar-refractivity contribution in [1.82, 2.24) is 10.3 Å². The highest BCUT2D eigenvalue weighted by Gasteiger charge is 2.10. The van der Waals surface area contributed by atoms with Gasteiger partial charge < -0.3 is 14.8 Å². The van der Waals surface area contributed by atoms with Gasteiger partial charge in [0.05, 0.1) is 17.8 Å². The zero-order valence-electron chi connectivity index (χ0n) is 11.1. The lowest BCUT2D eigenvalue weighted by atomic mass is 10.2. The Morgan fingerprint density at radius 3 is 2.80 bits per heavy atom. The van der Waals surface area contributed by atoms with Crippen molar-refractivity contribution in [3.05, 3.63) is 46.3 Å². The molecule has 20 heavy (non-hydrogen) atoms. The van der Waals surface area contributed by atoms with Crippen LogP contribution in [0.1, 0.15) is 5.56 Å². The summed E-state index contributed by atoms with van der Waals surface area (Å²) in [6.07, 6.45) is 1.13. The molecule has 2 rings (SSSR count). The summed E-state index contributed by atoms with van der Waals surface area (Å²) in [5.74, 6) is 1.28. The van der Waals surface area contributed by atoms with Crippen LogP contribution in [0.5, 0.6) is 17.4 Å². The summed E-state index contributed by atoms with van der Waals surface area (Å²) in [5.41, 5.74) is 0.648. The van der Waals surface area contributed by atoms with Gasteiger partial charge in [-0.3, -0.25) is 0 Å². The van der Waals surface area contributed by atoms with Crippen LogP contribution >= 0.6 is 15.9 Å². The first-order valence-corrected chi connectivity index (χ1v) is 6.73. The van der Waals surface area contributed by atoms with Crippen LogP contribution in [0.25, 0.3) is 0 Å². The van der Waals surface area contributed by atoms with E-state index in [1.54, 1.807) is 32.4 Å². The summed E-state index contributed by atoms with van der Waals surface area (Å²) in [7, 11) is 3.37. The van der Waals surface area contributed by atoms with E-state index < -0.39 is 5.82 Å². The number of rotatable bonds is 5. The molecule has 0 aliphatic carbocycles. The first-order chi connectivity index (χ1) is 9.63. The van der Waals surface area contributed by atoms with Crippen molar-refractivity contribution in [3.63, 3.8) is 0 Å². The molecule has 2 aromatic rings. The maximum absolute atomic E-state index is 13.2. The monoisotopic (exact) mass is 340 g/mol. The molecule has 1 heterocycles. The largest absolute Gasteiger partial charge is 0.497 e. The van der Waals surface area contributed by atoms with Crippen LogP contribution < -0.4 is 14.8 Å². The molecule has 0 fully saturated rings. The zero-order chi connectivity index (χ0) is 14.5. The fourth-order valence-corrected chi connectivity index (χ4v) is 2.11. The summed E-state index contributed by atoms with van der Waals surface area (Å²) in [4.78, 5) is 3.99. The third-order valence-corrected chi connectivity index (χ3v) is 3.22. The Bertz CT molecular complexity index is 608. The maximum Gasteiger partial charge on any atom is 0.223 e. The van der Waals surface area contributed by atoms with Gasteiger partial charge in [-0.25, -0.2) is 9.37 Å². The maximum atomic E-state index is 13.2. The number of nitrogens with one attached hydrogen (secondary N) is 1. The van der Waals surface area contributed by atoms with Crippen LogP contribution in [0.2, 0.25) is 0 Å². The first-order valence-electron chi connectivity index (χ1n) is 5.94. The average molecular weight is 341 g/mol. The predicted molar refractivity (Wildman–Crippen MR) is 77.7 cm³/mol. The second-order valence-corrected chi connectivity index (χ2v) is 4.90. The van der Waals surface area contributed by atoms with Gasteiger partial charge in [0, 0.05) is 12.1 Å². The van der Waals surface area contributed by atoms with Gasteiger partial charge in [0.25, 0.3) is 0 Å². The van der Waals surface area contributed by atoms with Gasteiger partial charge in [-0.15, -0.1) is 0 Å². The molecule has 6 heteroatoms. The third-order valence-electron chi connectivity index (χ3n) is 2.60. The summed E-state index contributed by atoms with van der Waals surface area (Å²) < 4.78 is 24.8. The van der Waals surface area contributed by atoms with E-state index in [4.69, 9.17) is 9.47 Å². The Labute approximate surface area is 125 Å². The lowest BCUT2D eigenvalue weighted by molar-refractivity contribution is 0.410. The van der Waals surface area contributed by atoms with Gasteiger partial charge in [-0.1, -0.05) is 0 Å². The fraction of sp³-hybridized carbons (Fsp3) is 0.214. The van der Waals surface area contributed by atoms with Crippen molar-refractivity contribution in [3.8, 4) is 17.4 Å². The van der Waals surface area contributed by atoms with E-state index in [0.717, 1.165) is 10.7 Å². The minimum atomic E-state index is -0.392. The molecule has 0 spiro atoms. The molecule has 1 N–H and O–H groups in total. The molecule has 0 aliphatic heterocycles. The minimum Gasteiger partial charge on any atom is -0.497 e. The van der Waals surface area contributed by atoms with Gasteiger partial charge in [-0.05, 0) is 47.2 Å².